The van der Waals surface area contributed by atoms with Crippen LogP contribution in [0.4, 0.5) is 4.39 Å². The highest BCUT2D eigenvalue weighted by atomic mass is 32.2. The standard InChI is InChI=1S/C14H18FNO3S/c15-11-1-2-13-10(5-11)6-12(19-13)7-14(8-16)3-4-20(17,18)9-14/h1-2,5,12H,3-4,6-9,16H2. The van der Waals surface area contributed by atoms with Crippen LogP contribution < -0.4 is 10.5 Å². The fraction of sp³-hybridized carbons (Fsp3) is 0.571. The second-order valence-corrected chi connectivity index (χ2v) is 8.13. The van der Waals surface area contributed by atoms with Gasteiger partial charge in [-0.05, 0) is 37.6 Å². The quantitative estimate of drug-likeness (QED) is 0.913. The molecule has 0 amide bonds. The van der Waals surface area contributed by atoms with Crippen molar-refractivity contribution in [2.75, 3.05) is 18.1 Å². The molecule has 0 aromatic heterocycles. The second-order valence-electron chi connectivity index (χ2n) is 5.95. The van der Waals surface area contributed by atoms with Crippen molar-refractivity contribution in [3.8, 4) is 5.75 Å². The topological polar surface area (TPSA) is 69.4 Å². The third-order valence-electron chi connectivity index (χ3n) is 4.33. The van der Waals surface area contributed by atoms with E-state index in [1.165, 1.54) is 12.1 Å². The highest BCUT2D eigenvalue weighted by Crippen LogP contribution is 2.40. The molecule has 2 aliphatic rings. The normalized spacial score (nSPS) is 31.0. The highest BCUT2D eigenvalue weighted by Gasteiger charge is 2.44. The lowest BCUT2D eigenvalue weighted by Crippen LogP contribution is -2.36. The van der Waals surface area contributed by atoms with Crippen molar-refractivity contribution >= 4 is 9.84 Å². The van der Waals surface area contributed by atoms with Gasteiger partial charge in [-0.15, -0.1) is 0 Å². The number of nitrogens with two attached hydrogens (primary N) is 1. The molecule has 1 aromatic carbocycles. The Morgan fingerprint density at radius 1 is 1.45 bits per heavy atom. The van der Waals surface area contributed by atoms with Crippen LogP contribution in [-0.4, -0.2) is 32.6 Å². The molecule has 0 bridgehead atoms. The monoisotopic (exact) mass is 299 g/mol. The minimum atomic E-state index is -2.98. The molecule has 0 spiro atoms. The minimum Gasteiger partial charge on any atom is -0.490 e. The smallest absolute Gasteiger partial charge is 0.150 e. The number of fused-ring (bicyclic) bond motifs is 1. The summed E-state index contributed by atoms with van der Waals surface area (Å²) in [5.74, 6) is 0.772. The Kier molecular flexibility index (Phi) is 3.25. The lowest BCUT2D eigenvalue weighted by Gasteiger charge is -2.28. The van der Waals surface area contributed by atoms with Gasteiger partial charge in [0.05, 0.1) is 11.5 Å². The molecule has 2 atom stereocenters. The lowest BCUT2D eigenvalue weighted by atomic mass is 9.81. The van der Waals surface area contributed by atoms with Crippen LogP contribution in [0.15, 0.2) is 18.2 Å². The largest absolute Gasteiger partial charge is 0.490 e. The van der Waals surface area contributed by atoms with Crippen LogP contribution in [-0.2, 0) is 16.3 Å². The van der Waals surface area contributed by atoms with Gasteiger partial charge in [-0.3, -0.25) is 0 Å². The maximum absolute atomic E-state index is 13.2. The molecule has 2 heterocycles. The van der Waals surface area contributed by atoms with E-state index in [1.54, 1.807) is 6.07 Å². The van der Waals surface area contributed by atoms with Crippen molar-refractivity contribution in [2.45, 2.75) is 25.4 Å². The molecule has 1 aromatic rings. The summed E-state index contributed by atoms with van der Waals surface area (Å²) in [5.41, 5.74) is 6.28. The summed E-state index contributed by atoms with van der Waals surface area (Å²) in [6.45, 7) is 0.344. The number of hydrogen-bond acceptors (Lipinski definition) is 4. The number of benzene rings is 1. The van der Waals surface area contributed by atoms with E-state index in [9.17, 15) is 12.8 Å². The molecule has 0 aliphatic carbocycles. The number of rotatable bonds is 3. The Morgan fingerprint density at radius 2 is 2.25 bits per heavy atom. The zero-order valence-electron chi connectivity index (χ0n) is 11.1. The van der Waals surface area contributed by atoms with Gasteiger partial charge >= 0.3 is 0 Å². The van der Waals surface area contributed by atoms with Crippen LogP contribution >= 0.6 is 0 Å². The fourth-order valence-electron chi connectivity index (χ4n) is 3.27. The molecule has 0 radical (unpaired) electrons. The first-order valence-electron chi connectivity index (χ1n) is 6.77. The van der Waals surface area contributed by atoms with Gasteiger partial charge in [0, 0.05) is 17.4 Å². The summed E-state index contributed by atoms with van der Waals surface area (Å²) in [6.07, 6.45) is 1.72. The molecule has 0 saturated carbocycles. The lowest BCUT2D eigenvalue weighted by molar-refractivity contribution is 0.153. The zero-order chi connectivity index (χ0) is 14.4. The van der Waals surface area contributed by atoms with Gasteiger partial charge in [-0.25, -0.2) is 12.8 Å². The maximum Gasteiger partial charge on any atom is 0.150 e. The third-order valence-corrected chi connectivity index (χ3v) is 6.21. The molecule has 2 N–H and O–H groups in total. The minimum absolute atomic E-state index is 0.108. The Morgan fingerprint density at radius 3 is 2.90 bits per heavy atom. The molecular weight excluding hydrogens is 281 g/mol. The first-order valence-corrected chi connectivity index (χ1v) is 8.59. The van der Waals surface area contributed by atoms with E-state index in [-0.39, 0.29) is 28.8 Å². The highest BCUT2D eigenvalue weighted by molar-refractivity contribution is 7.91. The zero-order valence-corrected chi connectivity index (χ0v) is 12.0. The molecule has 1 fully saturated rings. The Bertz CT molecular complexity index is 631. The number of hydrogen-bond donors (Lipinski definition) is 1. The number of halogens is 1. The Hall–Kier alpha value is -1.14. The van der Waals surface area contributed by atoms with E-state index in [0.29, 0.717) is 31.6 Å². The van der Waals surface area contributed by atoms with Gasteiger partial charge in [-0.1, -0.05) is 0 Å². The van der Waals surface area contributed by atoms with Gasteiger partial charge in [0.25, 0.3) is 0 Å². The predicted octanol–water partition coefficient (Wildman–Crippen LogP) is 1.28. The van der Waals surface area contributed by atoms with Gasteiger partial charge in [0.1, 0.15) is 17.7 Å². The van der Waals surface area contributed by atoms with Crippen LogP contribution in [0.5, 0.6) is 5.75 Å². The molecule has 2 aliphatic heterocycles. The summed E-state index contributed by atoms with van der Waals surface area (Å²) in [5, 5.41) is 0. The third kappa shape index (κ3) is 2.54. The molecule has 20 heavy (non-hydrogen) atoms. The van der Waals surface area contributed by atoms with Crippen molar-refractivity contribution in [2.24, 2.45) is 11.1 Å². The van der Waals surface area contributed by atoms with E-state index in [0.717, 1.165) is 5.56 Å². The van der Waals surface area contributed by atoms with Crippen molar-refractivity contribution < 1.29 is 17.5 Å². The summed E-state index contributed by atoms with van der Waals surface area (Å²) in [4.78, 5) is 0. The molecule has 1 saturated heterocycles. The van der Waals surface area contributed by atoms with Crippen LogP contribution in [0, 0.1) is 11.2 Å². The summed E-state index contributed by atoms with van der Waals surface area (Å²) in [6, 6.07) is 4.49. The first-order chi connectivity index (χ1) is 9.41. The maximum atomic E-state index is 13.2. The number of ether oxygens (including phenoxy) is 1. The van der Waals surface area contributed by atoms with Crippen molar-refractivity contribution in [1.29, 1.82) is 0 Å². The van der Waals surface area contributed by atoms with E-state index >= 15 is 0 Å². The molecule has 110 valence electrons. The molecule has 2 unspecified atom stereocenters. The van der Waals surface area contributed by atoms with Gasteiger partial charge in [0.2, 0.25) is 0 Å². The molecule has 6 heteroatoms. The Balaban J connectivity index is 1.74. The summed E-state index contributed by atoms with van der Waals surface area (Å²) in [7, 11) is -2.98. The summed E-state index contributed by atoms with van der Waals surface area (Å²) < 4.78 is 42.4. The SMILES string of the molecule is NCC1(CC2Cc3cc(F)ccc3O2)CCS(=O)(=O)C1. The predicted molar refractivity (Wildman–Crippen MR) is 73.9 cm³/mol. The second kappa shape index (κ2) is 4.70. The average Bonchev–Trinajstić information content (AvgIpc) is 2.90. The van der Waals surface area contributed by atoms with Crippen molar-refractivity contribution in [3.05, 3.63) is 29.6 Å². The molecule has 3 rings (SSSR count). The molecular formula is C14H18FNO3S. The van der Waals surface area contributed by atoms with Gasteiger partial charge in [0.15, 0.2) is 9.84 Å². The van der Waals surface area contributed by atoms with Crippen LogP contribution in [0.1, 0.15) is 18.4 Å². The Labute approximate surface area is 118 Å². The van der Waals surface area contributed by atoms with Crippen molar-refractivity contribution in [1.82, 2.24) is 0 Å². The average molecular weight is 299 g/mol. The van der Waals surface area contributed by atoms with Crippen molar-refractivity contribution in [3.63, 3.8) is 0 Å². The van der Waals surface area contributed by atoms with Gasteiger partial charge < -0.3 is 10.5 Å². The fourth-order valence-corrected chi connectivity index (χ4v) is 5.48. The molecule has 4 nitrogen and oxygen atoms in total. The first kappa shape index (κ1) is 13.8. The number of sulfone groups is 1. The van der Waals surface area contributed by atoms with Crippen LogP contribution in [0.3, 0.4) is 0 Å². The van der Waals surface area contributed by atoms with E-state index in [2.05, 4.69) is 0 Å². The van der Waals surface area contributed by atoms with Crippen LogP contribution in [0.25, 0.3) is 0 Å². The van der Waals surface area contributed by atoms with E-state index in [1.807, 2.05) is 0 Å². The van der Waals surface area contributed by atoms with E-state index < -0.39 is 9.84 Å². The van der Waals surface area contributed by atoms with Gasteiger partial charge in [-0.2, -0.15) is 0 Å². The van der Waals surface area contributed by atoms with E-state index in [4.69, 9.17) is 10.5 Å². The summed E-state index contributed by atoms with van der Waals surface area (Å²) >= 11 is 0. The van der Waals surface area contributed by atoms with Crippen LogP contribution in [0.2, 0.25) is 0 Å².